The summed E-state index contributed by atoms with van der Waals surface area (Å²) >= 11 is 0. The molecule has 0 saturated heterocycles. The lowest BCUT2D eigenvalue weighted by molar-refractivity contribution is -0.134. The summed E-state index contributed by atoms with van der Waals surface area (Å²) in [6.07, 6.45) is 0. The monoisotopic (exact) mass is 456 g/mol. The van der Waals surface area contributed by atoms with Crippen LogP contribution in [0.2, 0.25) is 0 Å². The first-order valence-corrected chi connectivity index (χ1v) is 9.72. The Kier molecular flexibility index (Phi) is 7.12. The summed E-state index contributed by atoms with van der Waals surface area (Å²) in [7, 11) is 8.56. The molecule has 174 valence electrons. The van der Waals surface area contributed by atoms with E-state index in [0.717, 1.165) is 0 Å². The highest BCUT2D eigenvalue weighted by Gasteiger charge is 2.37. The van der Waals surface area contributed by atoms with Gasteiger partial charge in [0.15, 0.2) is 34.5 Å². The second-order valence-corrected chi connectivity index (χ2v) is 6.63. The molecular formula is C24H24O9. The standard InChI is InChI=1S/C24H24O9/c1-27-15-9-7-13(11-17(15)29-3)19-21(31-5)22(33-24(19)26)20(23(25)32-6)14-8-10-16(28-2)18(12-14)30-4/h7-12H,1-6H3. The van der Waals surface area contributed by atoms with Crippen LogP contribution in [0, 0.1) is 0 Å². The quantitative estimate of drug-likeness (QED) is 0.438. The molecule has 33 heavy (non-hydrogen) atoms. The minimum absolute atomic E-state index is 0.0147. The normalized spacial score (nSPS) is 14.4. The SMILES string of the molecule is COC(=O)C(=C1OC(=O)C(c2ccc(OC)c(OC)c2)=C1OC)c1ccc(OC)c(OC)c1. The van der Waals surface area contributed by atoms with Gasteiger partial charge in [-0.05, 0) is 35.4 Å². The van der Waals surface area contributed by atoms with E-state index in [1.54, 1.807) is 36.4 Å². The number of carbonyl (C=O) groups excluding carboxylic acids is 2. The van der Waals surface area contributed by atoms with E-state index in [1.807, 2.05) is 0 Å². The minimum atomic E-state index is -0.729. The lowest BCUT2D eigenvalue weighted by atomic mass is 10.0. The summed E-state index contributed by atoms with van der Waals surface area (Å²) in [6, 6.07) is 9.75. The zero-order valence-electron chi connectivity index (χ0n) is 19.1. The van der Waals surface area contributed by atoms with E-state index in [0.29, 0.717) is 34.1 Å². The smallest absolute Gasteiger partial charge is 0.348 e. The van der Waals surface area contributed by atoms with Crippen LogP contribution < -0.4 is 18.9 Å². The number of hydrogen-bond donors (Lipinski definition) is 0. The molecule has 9 heteroatoms. The first-order chi connectivity index (χ1) is 15.9. The van der Waals surface area contributed by atoms with Gasteiger partial charge in [0.25, 0.3) is 0 Å². The Bertz CT molecular complexity index is 1140. The summed E-state index contributed by atoms with van der Waals surface area (Å²) in [4.78, 5) is 25.7. The molecule has 1 heterocycles. The number of cyclic esters (lactones) is 1. The van der Waals surface area contributed by atoms with Crippen LogP contribution in [0.3, 0.4) is 0 Å². The van der Waals surface area contributed by atoms with Gasteiger partial charge in [0.05, 0.1) is 42.7 Å². The maximum atomic E-state index is 12.9. The van der Waals surface area contributed by atoms with Crippen molar-refractivity contribution in [1.29, 1.82) is 0 Å². The number of ether oxygens (including phenoxy) is 7. The van der Waals surface area contributed by atoms with E-state index < -0.39 is 11.9 Å². The lowest BCUT2D eigenvalue weighted by Crippen LogP contribution is -2.10. The third-order valence-corrected chi connectivity index (χ3v) is 5.00. The number of carbonyl (C=O) groups is 2. The molecular weight excluding hydrogens is 432 g/mol. The average Bonchev–Trinajstić information content (AvgIpc) is 3.18. The molecule has 0 aliphatic carbocycles. The number of esters is 2. The number of benzene rings is 2. The van der Waals surface area contributed by atoms with Crippen LogP contribution in [0.25, 0.3) is 11.1 Å². The molecule has 0 bridgehead atoms. The minimum Gasteiger partial charge on any atom is -0.493 e. The van der Waals surface area contributed by atoms with Crippen molar-refractivity contribution in [3.63, 3.8) is 0 Å². The van der Waals surface area contributed by atoms with Crippen LogP contribution in [-0.2, 0) is 23.8 Å². The van der Waals surface area contributed by atoms with Gasteiger partial charge in [-0.15, -0.1) is 0 Å². The maximum Gasteiger partial charge on any atom is 0.348 e. The summed E-state index contributed by atoms with van der Waals surface area (Å²) in [5.41, 5.74) is 0.945. The predicted octanol–water partition coefficient (Wildman–Crippen LogP) is 3.22. The fourth-order valence-electron chi connectivity index (χ4n) is 3.43. The Hall–Kier alpha value is -4.14. The first-order valence-electron chi connectivity index (χ1n) is 9.72. The third-order valence-electron chi connectivity index (χ3n) is 5.00. The molecule has 1 aliphatic rings. The number of rotatable bonds is 8. The van der Waals surface area contributed by atoms with E-state index in [1.165, 1.54) is 42.7 Å². The second kappa shape index (κ2) is 9.99. The Labute approximate surface area is 191 Å². The fraction of sp³-hybridized carbons (Fsp3) is 0.250. The van der Waals surface area contributed by atoms with Gasteiger partial charge >= 0.3 is 11.9 Å². The first kappa shape index (κ1) is 23.5. The second-order valence-electron chi connectivity index (χ2n) is 6.63. The number of methoxy groups -OCH3 is 6. The van der Waals surface area contributed by atoms with Gasteiger partial charge in [-0.2, -0.15) is 0 Å². The van der Waals surface area contributed by atoms with E-state index in [9.17, 15) is 9.59 Å². The molecule has 0 aromatic heterocycles. The molecule has 9 nitrogen and oxygen atoms in total. The molecule has 0 fully saturated rings. The zero-order valence-corrected chi connectivity index (χ0v) is 19.1. The molecule has 0 amide bonds. The topological polar surface area (TPSA) is 98.8 Å². The van der Waals surface area contributed by atoms with Crippen molar-refractivity contribution in [3.8, 4) is 23.0 Å². The molecule has 2 aromatic carbocycles. The average molecular weight is 456 g/mol. The van der Waals surface area contributed by atoms with Gasteiger partial charge < -0.3 is 33.2 Å². The molecule has 0 N–H and O–H groups in total. The van der Waals surface area contributed by atoms with E-state index in [-0.39, 0.29) is 22.7 Å². The number of hydrogen-bond acceptors (Lipinski definition) is 9. The Balaban J connectivity index is 2.27. The van der Waals surface area contributed by atoms with Crippen molar-refractivity contribution < 1.29 is 42.7 Å². The summed E-state index contributed by atoms with van der Waals surface area (Å²) < 4.78 is 37.2. The van der Waals surface area contributed by atoms with Crippen molar-refractivity contribution in [3.05, 3.63) is 59.0 Å². The van der Waals surface area contributed by atoms with Crippen LogP contribution in [0.4, 0.5) is 0 Å². The van der Waals surface area contributed by atoms with Crippen LogP contribution in [0.1, 0.15) is 11.1 Å². The van der Waals surface area contributed by atoms with Crippen LogP contribution in [0.5, 0.6) is 23.0 Å². The summed E-state index contributed by atoms with van der Waals surface area (Å²) in [5, 5.41) is 0. The van der Waals surface area contributed by atoms with Crippen LogP contribution >= 0.6 is 0 Å². The van der Waals surface area contributed by atoms with E-state index >= 15 is 0 Å². The van der Waals surface area contributed by atoms with Crippen molar-refractivity contribution in [2.75, 3.05) is 42.7 Å². The van der Waals surface area contributed by atoms with Gasteiger partial charge in [-0.3, -0.25) is 0 Å². The lowest BCUT2D eigenvalue weighted by Gasteiger charge is -2.13. The van der Waals surface area contributed by atoms with Gasteiger partial charge in [0, 0.05) is 0 Å². The zero-order chi connectivity index (χ0) is 24.1. The summed E-state index contributed by atoms with van der Waals surface area (Å²) in [5.74, 6) is 0.314. The predicted molar refractivity (Wildman–Crippen MR) is 118 cm³/mol. The van der Waals surface area contributed by atoms with Gasteiger partial charge in [-0.25, -0.2) is 9.59 Å². The van der Waals surface area contributed by atoms with Gasteiger partial charge in [-0.1, -0.05) is 12.1 Å². The molecule has 2 aromatic rings. The summed E-state index contributed by atoms with van der Waals surface area (Å²) in [6.45, 7) is 0. The molecule has 0 saturated carbocycles. The van der Waals surface area contributed by atoms with Crippen molar-refractivity contribution in [2.45, 2.75) is 0 Å². The highest BCUT2D eigenvalue weighted by molar-refractivity contribution is 6.25. The molecule has 0 radical (unpaired) electrons. The fourth-order valence-corrected chi connectivity index (χ4v) is 3.43. The van der Waals surface area contributed by atoms with E-state index in [2.05, 4.69) is 0 Å². The van der Waals surface area contributed by atoms with Gasteiger partial charge in [0.1, 0.15) is 11.1 Å². The van der Waals surface area contributed by atoms with Gasteiger partial charge in [0.2, 0.25) is 0 Å². The third kappa shape index (κ3) is 4.30. The van der Waals surface area contributed by atoms with Crippen molar-refractivity contribution in [2.24, 2.45) is 0 Å². The van der Waals surface area contributed by atoms with Crippen molar-refractivity contribution >= 4 is 23.1 Å². The molecule has 0 unspecified atom stereocenters. The highest BCUT2D eigenvalue weighted by atomic mass is 16.6. The molecule has 3 rings (SSSR count). The molecule has 0 spiro atoms. The Morgan fingerprint density at radius 3 is 1.85 bits per heavy atom. The van der Waals surface area contributed by atoms with E-state index in [4.69, 9.17) is 33.2 Å². The largest absolute Gasteiger partial charge is 0.493 e. The molecule has 1 aliphatic heterocycles. The van der Waals surface area contributed by atoms with Crippen molar-refractivity contribution in [1.82, 2.24) is 0 Å². The van der Waals surface area contributed by atoms with Crippen LogP contribution in [-0.4, -0.2) is 54.6 Å². The van der Waals surface area contributed by atoms with Crippen LogP contribution in [0.15, 0.2) is 47.9 Å². The molecule has 0 atom stereocenters. The Morgan fingerprint density at radius 1 is 0.727 bits per heavy atom. The Morgan fingerprint density at radius 2 is 1.30 bits per heavy atom. The highest BCUT2D eigenvalue weighted by Crippen LogP contribution is 2.41. The maximum absolute atomic E-state index is 12.9.